The molecule has 0 saturated carbocycles. The first-order valence-electron chi connectivity index (χ1n) is 1.32. The van der Waals surface area contributed by atoms with Gasteiger partial charge in [-0.15, -0.1) is 0 Å². The van der Waals surface area contributed by atoms with E-state index >= 15 is 0 Å². The summed E-state index contributed by atoms with van der Waals surface area (Å²) >= 11 is 9.68. The highest BCUT2D eigenvalue weighted by molar-refractivity contribution is 8.86. The summed E-state index contributed by atoms with van der Waals surface area (Å²) in [5.41, 5.74) is 0. The van der Waals surface area contributed by atoms with Gasteiger partial charge in [0.1, 0.15) is 0 Å². The SMILES string of the molecule is CS(=S)S(C)=S. The minimum atomic E-state index is 0.0586. The fourth-order valence-electron chi connectivity index (χ4n) is 0. The van der Waals surface area contributed by atoms with Gasteiger partial charge in [0.15, 0.2) is 0 Å². The summed E-state index contributed by atoms with van der Waals surface area (Å²) in [6, 6.07) is 0. The van der Waals surface area contributed by atoms with Gasteiger partial charge in [0.2, 0.25) is 0 Å². The Bertz CT molecular complexity index is 71.5. The molecule has 0 radical (unpaired) electrons. The molecule has 0 saturated heterocycles. The van der Waals surface area contributed by atoms with Crippen LogP contribution in [0, 0.1) is 0 Å². The predicted molar refractivity (Wildman–Crippen MR) is 41.3 cm³/mol. The van der Waals surface area contributed by atoms with E-state index in [-0.39, 0.29) is 17.0 Å². The van der Waals surface area contributed by atoms with Gasteiger partial charge in [0, 0.05) is 0 Å². The molecule has 0 fully saturated rings. The second kappa shape index (κ2) is 3.18. The zero-order valence-electron chi connectivity index (χ0n) is 3.63. The maximum absolute atomic E-state index is 4.84. The molecule has 2 atom stereocenters. The van der Waals surface area contributed by atoms with Gasteiger partial charge in [-0.3, -0.25) is 0 Å². The maximum Gasteiger partial charge on any atom is -0.00362 e. The van der Waals surface area contributed by atoms with Crippen LogP contribution in [0.1, 0.15) is 0 Å². The Morgan fingerprint density at radius 2 is 1.17 bits per heavy atom. The summed E-state index contributed by atoms with van der Waals surface area (Å²) in [5, 5.41) is 0. The third kappa shape index (κ3) is 3.33. The molecule has 0 N–H and O–H groups in total. The third-order valence-electron chi connectivity index (χ3n) is 0.331. The summed E-state index contributed by atoms with van der Waals surface area (Å²) < 4.78 is 0. The summed E-state index contributed by atoms with van der Waals surface area (Å²) in [6.45, 7) is 0. The molecule has 0 amide bonds. The average molecular weight is 158 g/mol. The topological polar surface area (TPSA) is 0 Å². The number of hydrogen-bond donors (Lipinski definition) is 0. The molecule has 0 aromatic rings. The zero-order chi connectivity index (χ0) is 5.15. The molecule has 0 aliphatic heterocycles. The molecule has 38 valence electrons. The van der Waals surface area contributed by atoms with Crippen molar-refractivity contribution in [2.75, 3.05) is 12.5 Å². The molecular weight excluding hydrogens is 152 g/mol. The summed E-state index contributed by atoms with van der Waals surface area (Å²) in [5.74, 6) is 0. The Labute approximate surface area is 51.9 Å². The van der Waals surface area contributed by atoms with E-state index < -0.39 is 0 Å². The monoisotopic (exact) mass is 158 g/mol. The van der Waals surface area contributed by atoms with Crippen molar-refractivity contribution in [3.8, 4) is 0 Å². The first kappa shape index (κ1) is 7.14. The van der Waals surface area contributed by atoms with Gasteiger partial charge in [0.05, 0.1) is 0 Å². The first-order chi connectivity index (χ1) is 2.64. The molecule has 0 aromatic carbocycles. The van der Waals surface area contributed by atoms with Gasteiger partial charge >= 0.3 is 0 Å². The molecule has 0 bridgehead atoms. The molecule has 0 spiro atoms. The van der Waals surface area contributed by atoms with Crippen LogP contribution in [0.3, 0.4) is 0 Å². The molecule has 0 aliphatic carbocycles. The fraction of sp³-hybridized carbons (Fsp3) is 1.00. The Morgan fingerprint density at radius 1 is 1.00 bits per heavy atom. The van der Waals surface area contributed by atoms with E-state index in [1.165, 1.54) is 0 Å². The second-order valence-corrected chi connectivity index (χ2v) is 9.67. The van der Waals surface area contributed by atoms with Gasteiger partial charge in [-0.2, -0.15) is 0 Å². The fourth-order valence-corrected chi connectivity index (χ4v) is 0. The largest absolute Gasteiger partial charge is 0.0628 e. The quantitative estimate of drug-likeness (QED) is 0.504. The molecule has 0 aromatic heterocycles. The van der Waals surface area contributed by atoms with Crippen molar-refractivity contribution in [2.24, 2.45) is 0 Å². The van der Waals surface area contributed by atoms with Crippen LogP contribution in [0.5, 0.6) is 0 Å². The van der Waals surface area contributed by atoms with Gasteiger partial charge in [-0.1, -0.05) is 17.0 Å². The van der Waals surface area contributed by atoms with Crippen molar-refractivity contribution in [3.05, 3.63) is 0 Å². The molecule has 0 rings (SSSR count). The van der Waals surface area contributed by atoms with Gasteiger partial charge < -0.3 is 0 Å². The van der Waals surface area contributed by atoms with Crippen molar-refractivity contribution >= 4 is 39.3 Å². The van der Waals surface area contributed by atoms with Crippen LogP contribution in [0.2, 0.25) is 0 Å². The van der Waals surface area contributed by atoms with E-state index in [1.54, 1.807) is 0 Å². The molecule has 4 heteroatoms. The highest BCUT2D eigenvalue weighted by Gasteiger charge is 1.78. The Hall–Kier alpha value is 1.14. The van der Waals surface area contributed by atoms with Gasteiger partial charge in [0.25, 0.3) is 0 Å². The van der Waals surface area contributed by atoms with Crippen molar-refractivity contribution in [1.29, 1.82) is 0 Å². The van der Waals surface area contributed by atoms with E-state index in [4.69, 9.17) is 22.4 Å². The molecule has 0 aliphatic rings. The van der Waals surface area contributed by atoms with Gasteiger partial charge in [-0.25, -0.2) is 0 Å². The standard InChI is InChI=1S/C2H6S4/c1-5(3)6(2)4/h1-2H3. The molecule has 2 unspecified atom stereocenters. The first-order valence-corrected chi connectivity index (χ1v) is 6.95. The predicted octanol–water partition coefficient (Wildman–Crippen LogP) is 0.321. The van der Waals surface area contributed by atoms with Crippen LogP contribution < -0.4 is 0 Å². The second-order valence-electron chi connectivity index (χ2n) is 0.803. The van der Waals surface area contributed by atoms with Crippen LogP contribution in [0.15, 0.2) is 0 Å². The Morgan fingerprint density at radius 3 is 1.17 bits per heavy atom. The van der Waals surface area contributed by atoms with Gasteiger partial charge in [-0.05, 0) is 34.9 Å². The van der Waals surface area contributed by atoms with E-state index in [9.17, 15) is 0 Å². The molecule has 0 nitrogen and oxygen atoms in total. The van der Waals surface area contributed by atoms with Crippen molar-refractivity contribution in [2.45, 2.75) is 0 Å². The van der Waals surface area contributed by atoms with Crippen LogP contribution in [0.25, 0.3) is 0 Å². The highest BCUT2D eigenvalue weighted by atomic mass is 33.5. The van der Waals surface area contributed by atoms with E-state index in [1.807, 2.05) is 12.5 Å². The van der Waals surface area contributed by atoms with Crippen molar-refractivity contribution < 1.29 is 0 Å². The lowest BCUT2D eigenvalue weighted by molar-refractivity contribution is 2.49. The lowest BCUT2D eigenvalue weighted by atomic mass is 12.0. The Balaban J connectivity index is 3.57. The summed E-state index contributed by atoms with van der Waals surface area (Å²) in [7, 11) is 0.117. The smallest absolute Gasteiger partial charge is 0.00362 e. The van der Waals surface area contributed by atoms with Crippen LogP contribution >= 0.6 is 0 Å². The third-order valence-corrected chi connectivity index (χ3v) is 7.42. The minimum Gasteiger partial charge on any atom is -0.0628 e. The maximum atomic E-state index is 4.84. The molecule has 0 heterocycles. The van der Waals surface area contributed by atoms with E-state index in [0.717, 1.165) is 0 Å². The molecular formula is C2H6S4. The number of rotatable bonds is 1. The van der Waals surface area contributed by atoms with Crippen molar-refractivity contribution in [1.82, 2.24) is 0 Å². The van der Waals surface area contributed by atoms with Crippen LogP contribution in [0.4, 0.5) is 0 Å². The van der Waals surface area contributed by atoms with Crippen molar-refractivity contribution in [3.63, 3.8) is 0 Å². The van der Waals surface area contributed by atoms with E-state index in [2.05, 4.69) is 0 Å². The number of hydrogen-bond acceptors (Lipinski definition) is 2. The highest BCUT2D eigenvalue weighted by Crippen LogP contribution is 1.78. The summed E-state index contributed by atoms with van der Waals surface area (Å²) in [6.07, 6.45) is 3.98. The van der Waals surface area contributed by atoms with Crippen LogP contribution in [-0.4, -0.2) is 12.5 Å². The zero-order valence-corrected chi connectivity index (χ0v) is 6.90. The lowest BCUT2D eigenvalue weighted by Gasteiger charge is -1.87. The van der Waals surface area contributed by atoms with E-state index in [0.29, 0.717) is 0 Å². The lowest BCUT2D eigenvalue weighted by Crippen LogP contribution is -1.87. The Kier molecular flexibility index (Phi) is 3.79. The minimum absolute atomic E-state index is 0.0586. The average Bonchev–Trinajstić information content (AvgIpc) is 1.36. The normalized spacial score (nSPS) is 19.7. The van der Waals surface area contributed by atoms with Crippen LogP contribution in [-0.2, 0) is 39.3 Å². The molecule has 6 heavy (non-hydrogen) atoms. The summed E-state index contributed by atoms with van der Waals surface area (Å²) in [4.78, 5) is 0.